The summed E-state index contributed by atoms with van der Waals surface area (Å²) in [5.74, 6) is 12.6. The highest BCUT2D eigenvalue weighted by Crippen LogP contribution is 2.39. The van der Waals surface area contributed by atoms with E-state index in [0.717, 1.165) is 117 Å². The minimum absolute atomic E-state index is 0.0820. The van der Waals surface area contributed by atoms with Crippen LogP contribution in [0.3, 0.4) is 0 Å². The summed E-state index contributed by atoms with van der Waals surface area (Å²) in [7, 11) is 0. The Morgan fingerprint density at radius 1 is 0.495 bits per heavy atom. The molecule has 3 atom stereocenters. The largest absolute Gasteiger partial charge is 0.489 e. The molecule has 3 aliphatic heterocycles. The zero-order chi connectivity index (χ0) is 71.5. The Balaban J connectivity index is 0.000000138. The number of carbonyl (C=O) groups is 3. The fourth-order valence-corrected chi connectivity index (χ4v) is 13.3. The molecule has 18 nitrogen and oxygen atoms in total. The third-order valence-corrected chi connectivity index (χ3v) is 18.4. The summed E-state index contributed by atoms with van der Waals surface area (Å²) in [6, 6.07) is 37.0. The fraction of sp³-hybridized carbons (Fsp3) is 0.222. The average Bonchev–Trinajstić information content (AvgIpc) is 1.63. The standard InChI is InChI=1S/C27H22F2N4O2.C27H25FN4O2.C27H23FN4O2/c1-2-5-25(34)32-14-4-8-23(32)27-31-26(24-16-30-13-15-33(24)27)18-9-11-19(12-10-18)35-17-20-21(28)6-3-7-22(20)29;1-3-25(33)31-14-5-8-23(31)27-30-26(24-16-29-13-15-32(24)27)19-9-11-20(12-10-19)34-17-21-18(2)6-4-7-22(21)28;1-2-5-25(33)31-14-4-8-23(31)27-30-26(24-17-29-13-15-32(24)27)20-9-11-22(12-10-20)34-18-19-6-3-7-21(28)16-19/h3,6-7,9-13,15-16,23H,4,8,14,17H2,1H3;3-4,6-7,9-13,15-16,23H,1,5,8,14,17H2,2H3;3,6-7,9-13,15-17,23H,4,8,14,18H2,1H3/t3*23-/m000/s1. The van der Waals surface area contributed by atoms with Crippen molar-refractivity contribution in [1.29, 1.82) is 0 Å². The van der Waals surface area contributed by atoms with Crippen LogP contribution in [0, 0.1) is 53.9 Å². The van der Waals surface area contributed by atoms with E-state index in [0.29, 0.717) is 42.4 Å². The van der Waals surface area contributed by atoms with E-state index in [-0.39, 0.29) is 72.9 Å². The van der Waals surface area contributed by atoms with Gasteiger partial charge in [0.2, 0.25) is 5.91 Å². The Morgan fingerprint density at radius 3 is 1.28 bits per heavy atom. The van der Waals surface area contributed by atoms with E-state index in [1.165, 1.54) is 42.5 Å². The van der Waals surface area contributed by atoms with E-state index < -0.39 is 11.6 Å². The van der Waals surface area contributed by atoms with Crippen LogP contribution in [-0.4, -0.2) is 95.2 Å². The monoisotopic (exact) mass is 1380 g/mol. The summed E-state index contributed by atoms with van der Waals surface area (Å²) < 4.78 is 78.4. The minimum atomic E-state index is -0.643. The van der Waals surface area contributed by atoms with Crippen molar-refractivity contribution in [3.05, 3.63) is 265 Å². The van der Waals surface area contributed by atoms with Gasteiger partial charge in [-0.2, -0.15) is 0 Å². The number of aryl methyl sites for hydroxylation is 1. The van der Waals surface area contributed by atoms with Gasteiger partial charge in [-0.3, -0.25) is 42.5 Å². The van der Waals surface area contributed by atoms with Crippen LogP contribution < -0.4 is 14.2 Å². The van der Waals surface area contributed by atoms with Crippen LogP contribution in [0.25, 0.3) is 50.3 Å². The van der Waals surface area contributed by atoms with E-state index in [9.17, 15) is 31.9 Å². The molecule has 15 rings (SSSR count). The summed E-state index contributed by atoms with van der Waals surface area (Å²) in [5.41, 5.74) is 9.57. The van der Waals surface area contributed by atoms with Gasteiger partial charge in [-0.25, -0.2) is 32.5 Å². The second-order valence-electron chi connectivity index (χ2n) is 24.7. The Hall–Kier alpha value is -12.4. The molecular formula is C81H70F4N12O6. The van der Waals surface area contributed by atoms with Crippen LogP contribution in [0.2, 0.25) is 0 Å². The first-order chi connectivity index (χ1) is 50.3. The lowest BCUT2D eigenvalue weighted by atomic mass is 10.1. The average molecular weight is 1380 g/mol. The third kappa shape index (κ3) is 15.1. The SMILES string of the molecule is C=CC(=O)N1CCC[C@H]1c1nc(-c2ccc(OCc3c(C)cccc3F)cc2)c2cnccn12.CC#CC(=O)N1CCC[C@H]1c1nc(-c2ccc(OCc3c(F)cccc3F)cc2)c2cnccn12.CC#CC(=O)N1CCC[C@H]1c1nc(-c2ccc(OCc3cccc(F)c3)cc2)c2cnccn12. The maximum Gasteiger partial charge on any atom is 0.299 e. The predicted octanol–water partition coefficient (Wildman–Crippen LogP) is 15.0. The van der Waals surface area contributed by atoms with E-state index in [4.69, 9.17) is 29.2 Å². The van der Waals surface area contributed by atoms with Crippen molar-refractivity contribution in [2.45, 2.75) is 97.2 Å². The number of fused-ring (bicyclic) bond motifs is 3. The molecule has 3 aliphatic rings. The molecule has 0 saturated carbocycles. The van der Waals surface area contributed by atoms with Gasteiger partial charge in [0.05, 0.1) is 75.9 Å². The van der Waals surface area contributed by atoms with Crippen LogP contribution >= 0.6 is 0 Å². The summed E-state index contributed by atoms with van der Waals surface area (Å²) >= 11 is 0. The smallest absolute Gasteiger partial charge is 0.299 e. The quantitative estimate of drug-likeness (QED) is 0.0508. The second kappa shape index (κ2) is 31.4. The summed E-state index contributed by atoms with van der Waals surface area (Å²) in [6.45, 7) is 11.1. The highest BCUT2D eigenvalue weighted by atomic mass is 19.1. The first-order valence-electron chi connectivity index (χ1n) is 33.7. The first-order valence-corrected chi connectivity index (χ1v) is 33.7. The van der Waals surface area contributed by atoms with Gasteiger partial charge in [0.25, 0.3) is 11.8 Å². The molecular weight excluding hydrogens is 1310 g/mol. The van der Waals surface area contributed by atoms with Gasteiger partial charge in [0.1, 0.15) is 77.8 Å². The molecule has 103 heavy (non-hydrogen) atoms. The van der Waals surface area contributed by atoms with Gasteiger partial charge in [-0.1, -0.05) is 48.8 Å². The van der Waals surface area contributed by atoms with Gasteiger partial charge in [-0.15, -0.1) is 0 Å². The normalized spacial score (nSPS) is 15.3. The van der Waals surface area contributed by atoms with E-state index in [1.807, 2.05) is 116 Å². The zero-order valence-electron chi connectivity index (χ0n) is 56.7. The van der Waals surface area contributed by atoms with Crippen molar-refractivity contribution in [2.75, 3.05) is 19.6 Å². The number of hydrogen-bond donors (Lipinski definition) is 0. The number of aromatic nitrogens is 9. The highest BCUT2D eigenvalue weighted by molar-refractivity contribution is 5.94. The van der Waals surface area contributed by atoms with E-state index in [2.05, 4.69) is 45.2 Å². The van der Waals surface area contributed by atoms with Crippen molar-refractivity contribution in [3.63, 3.8) is 0 Å². The molecule has 0 bridgehead atoms. The molecule has 0 radical (unpaired) electrons. The molecule has 9 heterocycles. The highest BCUT2D eigenvalue weighted by Gasteiger charge is 2.36. The molecule has 518 valence electrons. The maximum absolute atomic E-state index is 14.1. The molecule has 3 amide bonds. The van der Waals surface area contributed by atoms with Gasteiger partial charge in [0, 0.05) is 79.1 Å². The van der Waals surface area contributed by atoms with E-state index >= 15 is 0 Å². The number of imidazole rings is 3. The van der Waals surface area contributed by atoms with Crippen molar-refractivity contribution >= 4 is 34.3 Å². The summed E-state index contributed by atoms with van der Waals surface area (Å²) in [5, 5.41) is 0. The number of ether oxygens (including phenoxy) is 3. The van der Waals surface area contributed by atoms with E-state index in [1.54, 1.807) is 85.1 Å². The molecule has 0 unspecified atom stereocenters. The van der Waals surface area contributed by atoms with Gasteiger partial charge >= 0.3 is 0 Å². The number of nitrogens with zero attached hydrogens (tertiary/aromatic N) is 12. The fourth-order valence-electron chi connectivity index (χ4n) is 13.3. The Kier molecular flexibility index (Phi) is 21.1. The van der Waals surface area contributed by atoms with Crippen molar-refractivity contribution in [1.82, 2.24) is 57.8 Å². The van der Waals surface area contributed by atoms with Crippen LogP contribution in [0.5, 0.6) is 17.2 Å². The molecule has 3 fully saturated rings. The first kappa shape index (κ1) is 69.1. The Morgan fingerprint density at radius 2 is 0.874 bits per heavy atom. The van der Waals surface area contributed by atoms with Crippen LogP contribution in [0.1, 0.15) is 110 Å². The van der Waals surface area contributed by atoms with Crippen LogP contribution in [-0.2, 0) is 34.2 Å². The van der Waals surface area contributed by atoms with Crippen molar-refractivity contribution in [2.24, 2.45) is 0 Å². The lowest BCUT2D eigenvalue weighted by molar-refractivity contribution is -0.127. The molecule has 0 aliphatic carbocycles. The number of halogens is 4. The molecule has 12 aromatic rings. The maximum atomic E-state index is 14.1. The van der Waals surface area contributed by atoms with Gasteiger partial charge in [0.15, 0.2) is 0 Å². The summed E-state index contributed by atoms with van der Waals surface area (Å²) in [6.07, 6.45) is 22.6. The minimum Gasteiger partial charge on any atom is -0.489 e. The molecule has 0 spiro atoms. The van der Waals surface area contributed by atoms with Crippen LogP contribution in [0.15, 0.2) is 202 Å². The number of hydrogen-bond acceptors (Lipinski definition) is 12. The summed E-state index contributed by atoms with van der Waals surface area (Å²) in [4.78, 5) is 70.5. The van der Waals surface area contributed by atoms with Crippen molar-refractivity contribution in [3.8, 4) is 74.7 Å². The third-order valence-electron chi connectivity index (χ3n) is 18.4. The molecule has 3 saturated heterocycles. The van der Waals surface area contributed by atoms with Crippen LogP contribution in [0.4, 0.5) is 17.6 Å². The number of rotatable bonds is 16. The number of benzene rings is 6. The Bertz CT molecular complexity index is 5210. The second-order valence-corrected chi connectivity index (χ2v) is 24.7. The number of carbonyl (C=O) groups excluding carboxylic acids is 3. The Labute approximate surface area is 591 Å². The number of likely N-dealkylation sites (tertiary alicyclic amines) is 3. The molecule has 6 aromatic heterocycles. The van der Waals surface area contributed by atoms with Crippen molar-refractivity contribution < 1.29 is 46.2 Å². The number of amides is 3. The molecule has 22 heteroatoms. The lowest BCUT2D eigenvalue weighted by Crippen LogP contribution is -2.30. The van der Waals surface area contributed by atoms with Gasteiger partial charge in [-0.05, 0) is 191 Å². The molecule has 6 aromatic carbocycles. The topological polar surface area (TPSA) is 179 Å². The molecule has 0 N–H and O–H groups in total. The lowest BCUT2D eigenvalue weighted by Gasteiger charge is -2.22. The predicted molar refractivity (Wildman–Crippen MR) is 380 cm³/mol. The zero-order valence-corrected chi connectivity index (χ0v) is 56.7. The van der Waals surface area contributed by atoms with Gasteiger partial charge < -0.3 is 28.9 Å².